The molecule has 0 aliphatic rings. The molecule has 3 aromatic rings. The molecule has 0 aliphatic carbocycles. The number of nitrogens with one attached hydrogen (secondary N) is 1. The van der Waals surface area contributed by atoms with E-state index in [0.29, 0.717) is 18.7 Å². The Hall–Kier alpha value is -2.75. The van der Waals surface area contributed by atoms with Crippen molar-refractivity contribution in [3.8, 4) is 5.75 Å². The van der Waals surface area contributed by atoms with Gasteiger partial charge in [0.05, 0.1) is 7.11 Å². The van der Waals surface area contributed by atoms with Gasteiger partial charge in [0, 0.05) is 11.9 Å². The van der Waals surface area contributed by atoms with E-state index < -0.39 is 0 Å². The largest absolute Gasteiger partial charge is 0.496 e. The molecule has 0 bridgehead atoms. The Morgan fingerprint density at radius 3 is 2.78 bits per heavy atom. The molecule has 0 saturated heterocycles. The Labute approximate surface area is 135 Å². The van der Waals surface area contributed by atoms with E-state index in [1.54, 1.807) is 13.2 Å². The van der Waals surface area contributed by atoms with Gasteiger partial charge < -0.3 is 14.5 Å². The van der Waals surface area contributed by atoms with E-state index in [1.807, 2.05) is 43.3 Å². The van der Waals surface area contributed by atoms with Crippen LogP contribution in [0.3, 0.4) is 0 Å². The number of rotatable bonds is 5. The quantitative estimate of drug-likeness (QED) is 0.781. The number of carbonyl (C=O) groups is 1. The normalized spacial score (nSPS) is 10.7. The summed E-state index contributed by atoms with van der Waals surface area (Å²) in [6, 6.07) is 15.4. The van der Waals surface area contributed by atoms with Gasteiger partial charge in [-0.05, 0) is 37.1 Å². The number of ether oxygens (including phenoxy) is 1. The van der Waals surface area contributed by atoms with E-state index in [0.717, 1.165) is 22.3 Å². The molecule has 3 rings (SSSR count). The van der Waals surface area contributed by atoms with Gasteiger partial charge in [-0.15, -0.1) is 0 Å². The second kappa shape index (κ2) is 6.57. The zero-order valence-electron chi connectivity index (χ0n) is 13.3. The van der Waals surface area contributed by atoms with Gasteiger partial charge in [-0.3, -0.25) is 4.79 Å². The van der Waals surface area contributed by atoms with Crippen LogP contribution in [0.15, 0.2) is 52.9 Å². The smallest absolute Gasteiger partial charge is 0.287 e. The Bertz CT molecular complexity index is 803. The lowest BCUT2D eigenvalue weighted by Crippen LogP contribution is -2.25. The van der Waals surface area contributed by atoms with E-state index in [2.05, 4.69) is 11.4 Å². The van der Waals surface area contributed by atoms with Gasteiger partial charge in [-0.1, -0.05) is 35.9 Å². The fourth-order valence-corrected chi connectivity index (χ4v) is 2.59. The highest BCUT2D eigenvalue weighted by atomic mass is 16.5. The SMILES string of the molecule is COc1ccc(C)cc1CCNC(=O)c1cc2ccccc2o1. The molecule has 23 heavy (non-hydrogen) atoms. The van der Waals surface area contributed by atoms with Gasteiger partial charge in [-0.2, -0.15) is 0 Å². The highest BCUT2D eigenvalue weighted by molar-refractivity contribution is 5.96. The summed E-state index contributed by atoms with van der Waals surface area (Å²) in [4.78, 5) is 12.2. The molecule has 1 heterocycles. The molecule has 1 N–H and O–H groups in total. The average Bonchev–Trinajstić information content (AvgIpc) is 2.99. The zero-order valence-corrected chi connectivity index (χ0v) is 13.3. The molecular weight excluding hydrogens is 290 g/mol. The first-order valence-corrected chi connectivity index (χ1v) is 7.57. The molecule has 0 fully saturated rings. The first-order valence-electron chi connectivity index (χ1n) is 7.57. The van der Waals surface area contributed by atoms with Crippen LogP contribution in [0.1, 0.15) is 21.7 Å². The first-order chi connectivity index (χ1) is 11.2. The average molecular weight is 309 g/mol. The highest BCUT2D eigenvalue weighted by Crippen LogP contribution is 2.20. The number of benzene rings is 2. The maximum absolute atomic E-state index is 12.2. The molecular formula is C19H19NO3. The van der Waals surface area contributed by atoms with Crippen molar-refractivity contribution in [2.45, 2.75) is 13.3 Å². The van der Waals surface area contributed by atoms with Crippen LogP contribution in [0, 0.1) is 6.92 Å². The number of carbonyl (C=O) groups excluding carboxylic acids is 1. The Morgan fingerprint density at radius 2 is 2.00 bits per heavy atom. The summed E-state index contributed by atoms with van der Waals surface area (Å²) in [5.74, 6) is 0.976. The van der Waals surface area contributed by atoms with E-state index in [9.17, 15) is 4.79 Å². The van der Waals surface area contributed by atoms with Gasteiger partial charge in [0.15, 0.2) is 5.76 Å². The van der Waals surface area contributed by atoms with E-state index in [4.69, 9.17) is 9.15 Å². The van der Waals surface area contributed by atoms with Crippen LogP contribution >= 0.6 is 0 Å². The first kappa shape index (κ1) is 15.2. The van der Waals surface area contributed by atoms with Crippen LogP contribution in [0.2, 0.25) is 0 Å². The van der Waals surface area contributed by atoms with E-state index in [-0.39, 0.29) is 5.91 Å². The summed E-state index contributed by atoms with van der Waals surface area (Å²) < 4.78 is 10.9. The minimum atomic E-state index is -0.201. The number of hydrogen-bond donors (Lipinski definition) is 1. The number of aryl methyl sites for hydroxylation is 1. The summed E-state index contributed by atoms with van der Waals surface area (Å²) >= 11 is 0. The summed E-state index contributed by atoms with van der Waals surface area (Å²) in [5, 5.41) is 3.82. The zero-order chi connectivity index (χ0) is 16.2. The van der Waals surface area contributed by atoms with Crippen molar-refractivity contribution < 1.29 is 13.9 Å². The van der Waals surface area contributed by atoms with Gasteiger partial charge in [0.2, 0.25) is 0 Å². The molecule has 4 heteroatoms. The standard InChI is InChI=1S/C19H19NO3/c1-13-7-8-16(22-2)15(11-13)9-10-20-19(21)18-12-14-5-3-4-6-17(14)23-18/h3-8,11-12H,9-10H2,1-2H3,(H,20,21). The predicted molar refractivity (Wildman–Crippen MR) is 90.0 cm³/mol. The lowest BCUT2D eigenvalue weighted by Gasteiger charge is -2.09. The van der Waals surface area contributed by atoms with Gasteiger partial charge in [0.1, 0.15) is 11.3 Å². The maximum atomic E-state index is 12.2. The third-order valence-corrected chi connectivity index (χ3v) is 3.77. The number of methoxy groups -OCH3 is 1. The van der Waals surface area contributed by atoms with Crippen LogP contribution in [0.25, 0.3) is 11.0 Å². The molecule has 0 radical (unpaired) electrons. The van der Waals surface area contributed by atoms with Crippen LogP contribution in [0.5, 0.6) is 5.75 Å². The lowest BCUT2D eigenvalue weighted by molar-refractivity contribution is 0.0928. The Morgan fingerprint density at radius 1 is 1.17 bits per heavy atom. The van der Waals surface area contributed by atoms with E-state index in [1.165, 1.54) is 5.56 Å². The molecule has 0 spiro atoms. The second-order valence-corrected chi connectivity index (χ2v) is 5.47. The molecule has 1 aromatic heterocycles. The van der Waals surface area contributed by atoms with Crippen molar-refractivity contribution in [1.82, 2.24) is 5.32 Å². The van der Waals surface area contributed by atoms with Gasteiger partial charge in [0.25, 0.3) is 5.91 Å². The monoisotopic (exact) mass is 309 g/mol. The minimum absolute atomic E-state index is 0.201. The molecule has 0 atom stereocenters. The minimum Gasteiger partial charge on any atom is -0.496 e. The summed E-state index contributed by atoms with van der Waals surface area (Å²) in [5.41, 5.74) is 2.97. The molecule has 0 saturated carbocycles. The van der Waals surface area contributed by atoms with Crippen molar-refractivity contribution in [2.75, 3.05) is 13.7 Å². The van der Waals surface area contributed by atoms with Crippen molar-refractivity contribution in [3.05, 3.63) is 65.4 Å². The van der Waals surface area contributed by atoms with Crippen molar-refractivity contribution in [3.63, 3.8) is 0 Å². The van der Waals surface area contributed by atoms with Crippen molar-refractivity contribution in [2.24, 2.45) is 0 Å². The van der Waals surface area contributed by atoms with Gasteiger partial charge >= 0.3 is 0 Å². The highest BCUT2D eigenvalue weighted by Gasteiger charge is 2.12. The van der Waals surface area contributed by atoms with E-state index >= 15 is 0 Å². The summed E-state index contributed by atoms with van der Waals surface area (Å²) in [6.45, 7) is 2.56. The second-order valence-electron chi connectivity index (χ2n) is 5.47. The van der Waals surface area contributed by atoms with Crippen LogP contribution in [-0.2, 0) is 6.42 Å². The van der Waals surface area contributed by atoms with Crippen LogP contribution in [-0.4, -0.2) is 19.6 Å². The third kappa shape index (κ3) is 3.37. The number of hydrogen-bond acceptors (Lipinski definition) is 3. The van der Waals surface area contributed by atoms with Crippen LogP contribution < -0.4 is 10.1 Å². The molecule has 118 valence electrons. The van der Waals surface area contributed by atoms with Gasteiger partial charge in [-0.25, -0.2) is 0 Å². The molecule has 2 aromatic carbocycles. The number of para-hydroxylation sites is 1. The fraction of sp³-hybridized carbons (Fsp3) is 0.211. The predicted octanol–water partition coefficient (Wildman–Crippen LogP) is 3.72. The van der Waals surface area contributed by atoms with Crippen molar-refractivity contribution in [1.29, 1.82) is 0 Å². The van der Waals surface area contributed by atoms with Crippen molar-refractivity contribution >= 4 is 16.9 Å². The molecule has 0 unspecified atom stereocenters. The maximum Gasteiger partial charge on any atom is 0.287 e. The fourth-order valence-electron chi connectivity index (χ4n) is 2.59. The number of fused-ring (bicyclic) bond motifs is 1. The topological polar surface area (TPSA) is 51.5 Å². The molecule has 1 amide bonds. The Kier molecular flexibility index (Phi) is 4.33. The molecule has 4 nitrogen and oxygen atoms in total. The molecule has 0 aliphatic heterocycles. The summed E-state index contributed by atoms with van der Waals surface area (Å²) in [6.07, 6.45) is 0.705. The van der Waals surface area contributed by atoms with Crippen LogP contribution in [0.4, 0.5) is 0 Å². The third-order valence-electron chi connectivity index (χ3n) is 3.77. The number of furan rings is 1. The lowest BCUT2D eigenvalue weighted by atomic mass is 10.1. The Balaban J connectivity index is 1.64. The number of amides is 1. The summed E-state index contributed by atoms with van der Waals surface area (Å²) in [7, 11) is 1.65.